The average Bonchev–Trinajstić information content (AvgIpc) is 2.30. The van der Waals surface area contributed by atoms with E-state index in [1.54, 1.807) is 6.07 Å². The summed E-state index contributed by atoms with van der Waals surface area (Å²) < 4.78 is 1.87. The normalized spacial score (nSPS) is 10.0. The lowest BCUT2D eigenvalue weighted by Crippen LogP contribution is -2.04. The van der Waals surface area contributed by atoms with E-state index < -0.39 is 0 Å². The summed E-state index contributed by atoms with van der Waals surface area (Å²) in [4.78, 5) is 0. The number of nitrogens with two attached hydrogens (primary N) is 1. The van der Waals surface area contributed by atoms with Gasteiger partial charge in [-0.05, 0) is 19.9 Å². The Kier molecular flexibility index (Phi) is 1.86. The molecule has 0 aromatic carbocycles. The fourth-order valence-corrected chi connectivity index (χ4v) is 1.00. The summed E-state index contributed by atoms with van der Waals surface area (Å²) in [6.07, 6.45) is 1.83. The van der Waals surface area contributed by atoms with Gasteiger partial charge in [0.05, 0.1) is 5.56 Å². The van der Waals surface area contributed by atoms with Crippen LogP contribution in [0.5, 0.6) is 0 Å². The summed E-state index contributed by atoms with van der Waals surface area (Å²) in [7, 11) is 0. The molecule has 1 aromatic rings. The maximum atomic E-state index is 8.57. The first kappa shape index (κ1) is 7.67. The number of aromatic nitrogens is 1. The summed E-state index contributed by atoms with van der Waals surface area (Å²) >= 11 is 0. The van der Waals surface area contributed by atoms with Crippen LogP contribution in [0.2, 0.25) is 0 Å². The van der Waals surface area contributed by atoms with Crippen molar-refractivity contribution in [2.45, 2.75) is 19.9 Å². The summed E-state index contributed by atoms with van der Waals surface area (Å²) in [5.41, 5.74) is 6.21. The highest BCUT2D eigenvalue weighted by Crippen LogP contribution is 2.17. The van der Waals surface area contributed by atoms with Gasteiger partial charge in [-0.2, -0.15) is 5.26 Å². The Bertz CT molecular complexity index is 291. The molecule has 2 N–H and O–H groups in total. The van der Waals surface area contributed by atoms with Gasteiger partial charge in [-0.25, -0.2) is 0 Å². The molecule has 0 aliphatic rings. The minimum Gasteiger partial charge on any atom is -0.384 e. The maximum absolute atomic E-state index is 8.57. The van der Waals surface area contributed by atoms with Crippen LogP contribution < -0.4 is 5.73 Å². The van der Waals surface area contributed by atoms with Gasteiger partial charge in [0.2, 0.25) is 0 Å². The molecule has 0 saturated heterocycles. The van der Waals surface area contributed by atoms with Crippen molar-refractivity contribution in [1.82, 2.24) is 4.57 Å². The maximum Gasteiger partial charge on any atom is 0.121 e. The van der Waals surface area contributed by atoms with Crippen molar-refractivity contribution >= 4 is 5.82 Å². The second-order valence-corrected chi connectivity index (χ2v) is 2.73. The van der Waals surface area contributed by atoms with Crippen molar-refractivity contribution in [2.24, 2.45) is 0 Å². The standard InChI is InChI=1S/C8H11N3/c1-6(2)11-4-3-7(5-9)8(11)10/h3-4,6H,10H2,1-2H3. The van der Waals surface area contributed by atoms with E-state index in [9.17, 15) is 0 Å². The van der Waals surface area contributed by atoms with E-state index in [-0.39, 0.29) is 0 Å². The van der Waals surface area contributed by atoms with Crippen molar-refractivity contribution in [3.63, 3.8) is 0 Å². The lowest BCUT2D eigenvalue weighted by molar-refractivity contribution is 0.612. The number of nitriles is 1. The fourth-order valence-electron chi connectivity index (χ4n) is 1.00. The van der Waals surface area contributed by atoms with Crippen molar-refractivity contribution in [3.05, 3.63) is 17.8 Å². The molecule has 58 valence electrons. The number of anilines is 1. The third-order valence-corrected chi connectivity index (χ3v) is 1.63. The minimum atomic E-state index is 0.317. The van der Waals surface area contributed by atoms with E-state index in [0.29, 0.717) is 17.4 Å². The highest BCUT2D eigenvalue weighted by Gasteiger charge is 2.05. The third kappa shape index (κ3) is 1.20. The Hall–Kier alpha value is -1.43. The molecule has 0 spiro atoms. The molecule has 1 rings (SSSR count). The SMILES string of the molecule is CC(C)n1ccc(C#N)c1N. The van der Waals surface area contributed by atoms with Crippen LogP contribution in [0.4, 0.5) is 5.82 Å². The first-order valence-corrected chi connectivity index (χ1v) is 3.53. The van der Waals surface area contributed by atoms with Crippen LogP contribution >= 0.6 is 0 Å². The Morgan fingerprint density at radius 2 is 2.27 bits per heavy atom. The zero-order valence-corrected chi connectivity index (χ0v) is 6.70. The molecular weight excluding hydrogens is 138 g/mol. The van der Waals surface area contributed by atoms with Gasteiger partial charge in [0.25, 0.3) is 0 Å². The zero-order valence-electron chi connectivity index (χ0n) is 6.70. The van der Waals surface area contributed by atoms with Crippen LogP contribution in [-0.4, -0.2) is 4.57 Å². The molecule has 0 aliphatic heterocycles. The Morgan fingerprint density at radius 3 is 2.55 bits per heavy atom. The molecule has 1 aromatic heterocycles. The average molecular weight is 149 g/mol. The van der Waals surface area contributed by atoms with Crippen LogP contribution in [0, 0.1) is 11.3 Å². The van der Waals surface area contributed by atoms with Crippen LogP contribution in [0.25, 0.3) is 0 Å². The quantitative estimate of drug-likeness (QED) is 0.658. The lowest BCUT2D eigenvalue weighted by atomic mass is 10.3. The third-order valence-electron chi connectivity index (χ3n) is 1.63. The topological polar surface area (TPSA) is 54.7 Å². The van der Waals surface area contributed by atoms with E-state index in [1.807, 2.05) is 30.7 Å². The predicted octanol–water partition coefficient (Wildman–Crippen LogP) is 1.52. The molecular formula is C8H11N3. The second kappa shape index (κ2) is 2.67. The van der Waals surface area contributed by atoms with E-state index in [1.165, 1.54) is 0 Å². The molecule has 3 nitrogen and oxygen atoms in total. The predicted molar refractivity (Wildman–Crippen MR) is 43.9 cm³/mol. The Balaban J connectivity index is 3.13. The van der Waals surface area contributed by atoms with Gasteiger partial charge in [-0.1, -0.05) is 0 Å². The van der Waals surface area contributed by atoms with Gasteiger partial charge >= 0.3 is 0 Å². The molecule has 0 saturated carbocycles. The summed E-state index contributed by atoms with van der Waals surface area (Å²) in [5.74, 6) is 0.558. The van der Waals surface area contributed by atoms with E-state index in [0.717, 1.165) is 0 Å². The van der Waals surface area contributed by atoms with Crippen LogP contribution in [-0.2, 0) is 0 Å². The van der Waals surface area contributed by atoms with Crippen molar-refractivity contribution in [3.8, 4) is 6.07 Å². The largest absolute Gasteiger partial charge is 0.384 e. The number of nitrogens with zero attached hydrogens (tertiary/aromatic N) is 2. The summed E-state index contributed by atoms with van der Waals surface area (Å²) in [6.45, 7) is 4.05. The molecule has 0 fully saturated rings. The smallest absolute Gasteiger partial charge is 0.121 e. The number of nitrogen functional groups attached to an aromatic ring is 1. The molecule has 3 heteroatoms. The number of hydrogen-bond acceptors (Lipinski definition) is 2. The monoisotopic (exact) mass is 149 g/mol. The van der Waals surface area contributed by atoms with E-state index in [4.69, 9.17) is 11.0 Å². The van der Waals surface area contributed by atoms with Gasteiger partial charge in [-0.3, -0.25) is 0 Å². The second-order valence-electron chi connectivity index (χ2n) is 2.73. The Morgan fingerprint density at radius 1 is 1.64 bits per heavy atom. The molecule has 0 aliphatic carbocycles. The van der Waals surface area contributed by atoms with Gasteiger partial charge in [-0.15, -0.1) is 0 Å². The molecule has 0 amide bonds. The molecule has 0 unspecified atom stereocenters. The van der Waals surface area contributed by atoms with E-state index >= 15 is 0 Å². The lowest BCUT2D eigenvalue weighted by Gasteiger charge is -2.08. The van der Waals surface area contributed by atoms with Gasteiger partial charge in [0.15, 0.2) is 0 Å². The molecule has 0 bridgehead atoms. The molecule has 0 radical (unpaired) electrons. The first-order valence-electron chi connectivity index (χ1n) is 3.53. The highest BCUT2D eigenvalue weighted by atomic mass is 15.1. The number of hydrogen-bond donors (Lipinski definition) is 1. The first-order chi connectivity index (χ1) is 5.16. The van der Waals surface area contributed by atoms with Crippen molar-refractivity contribution in [2.75, 3.05) is 5.73 Å². The minimum absolute atomic E-state index is 0.317. The zero-order chi connectivity index (χ0) is 8.43. The van der Waals surface area contributed by atoms with Crippen LogP contribution in [0.15, 0.2) is 12.3 Å². The van der Waals surface area contributed by atoms with Gasteiger partial charge < -0.3 is 10.3 Å². The van der Waals surface area contributed by atoms with Gasteiger partial charge in [0.1, 0.15) is 11.9 Å². The van der Waals surface area contributed by atoms with E-state index in [2.05, 4.69) is 0 Å². The van der Waals surface area contributed by atoms with Crippen LogP contribution in [0.1, 0.15) is 25.5 Å². The van der Waals surface area contributed by atoms with Gasteiger partial charge in [0, 0.05) is 12.2 Å². The van der Waals surface area contributed by atoms with Crippen molar-refractivity contribution < 1.29 is 0 Å². The molecule has 0 atom stereocenters. The van der Waals surface area contributed by atoms with Crippen LogP contribution in [0.3, 0.4) is 0 Å². The highest BCUT2D eigenvalue weighted by molar-refractivity contribution is 5.50. The Labute approximate surface area is 66.0 Å². The van der Waals surface area contributed by atoms with Crippen molar-refractivity contribution in [1.29, 1.82) is 5.26 Å². The molecule has 11 heavy (non-hydrogen) atoms. The molecule has 1 heterocycles. The number of rotatable bonds is 1. The fraction of sp³-hybridized carbons (Fsp3) is 0.375. The summed E-state index contributed by atoms with van der Waals surface area (Å²) in [6, 6.07) is 4.07. The summed E-state index contributed by atoms with van der Waals surface area (Å²) in [5, 5.41) is 8.57.